The van der Waals surface area contributed by atoms with E-state index in [4.69, 9.17) is 19.2 Å². The zero-order valence-corrected chi connectivity index (χ0v) is 25.6. The van der Waals surface area contributed by atoms with Crippen molar-refractivity contribution in [2.75, 3.05) is 13.7 Å². The summed E-state index contributed by atoms with van der Waals surface area (Å²) in [5.74, 6) is -3.86. The van der Waals surface area contributed by atoms with Crippen LogP contribution in [0.3, 0.4) is 0 Å². The third kappa shape index (κ3) is 6.94. The Morgan fingerprint density at radius 3 is 2.43 bits per heavy atom. The number of hydrogen-bond donors (Lipinski definition) is 0. The Kier molecular flexibility index (Phi) is 9.09. The highest BCUT2D eigenvalue weighted by Gasteiger charge is 2.59. The second-order valence-corrected chi connectivity index (χ2v) is 13.3. The summed E-state index contributed by atoms with van der Waals surface area (Å²) in [5, 5.41) is 0. The molecule has 44 heavy (non-hydrogen) atoms. The van der Waals surface area contributed by atoms with E-state index in [1.807, 2.05) is 0 Å². The minimum Gasteiger partial charge on any atom is -0.497 e. The van der Waals surface area contributed by atoms with Crippen molar-refractivity contribution in [3.63, 3.8) is 0 Å². The standard InChI is InChI=1S/C32H40F3N3O6/c1-31(2,3)20-15-27(40)43-25-13-18(25)9-7-5-6-8-10-22-29(37-23-14-19(42-4)11-12-21(23)36-22)44-26-16-38(30(20)41)24(17-39)28(26)32(33,34)35/h11-12,14,17-18,20,24-26,28H,5-10,13,15-16H2,1-4H3/t18-,20-,24-,25-,26+,28+/m1/s1. The first-order chi connectivity index (χ1) is 20.8. The number of benzene rings is 1. The summed E-state index contributed by atoms with van der Waals surface area (Å²) in [4.78, 5) is 49.4. The molecule has 0 spiro atoms. The van der Waals surface area contributed by atoms with E-state index in [1.54, 1.807) is 39.0 Å². The predicted molar refractivity (Wildman–Crippen MR) is 154 cm³/mol. The maximum atomic E-state index is 14.6. The molecule has 2 fully saturated rings. The van der Waals surface area contributed by atoms with Crippen LogP contribution in [0.15, 0.2) is 18.2 Å². The van der Waals surface area contributed by atoms with E-state index in [-0.39, 0.29) is 30.6 Å². The molecule has 2 aliphatic heterocycles. The van der Waals surface area contributed by atoms with Crippen LogP contribution >= 0.6 is 0 Å². The molecule has 12 heteroatoms. The fourth-order valence-corrected chi connectivity index (χ4v) is 6.40. The fourth-order valence-electron chi connectivity index (χ4n) is 6.40. The second-order valence-electron chi connectivity index (χ2n) is 13.3. The number of amides is 1. The number of nitrogens with zero attached hydrogens (tertiary/aromatic N) is 3. The average molecular weight is 620 g/mol. The molecule has 1 aliphatic carbocycles. The molecule has 2 bridgehead atoms. The lowest BCUT2D eigenvalue weighted by atomic mass is 9.77. The van der Waals surface area contributed by atoms with Crippen molar-refractivity contribution in [3.05, 3.63) is 23.9 Å². The molecule has 1 amide bonds. The van der Waals surface area contributed by atoms with Crippen molar-refractivity contribution in [1.29, 1.82) is 0 Å². The van der Waals surface area contributed by atoms with E-state index in [0.29, 0.717) is 28.9 Å². The van der Waals surface area contributed by atoms with Gasteiger partial charge >= 0.3 is 12.1 Å². The summed E-state index contributed by atoms with van der Waals surface area (Å²) in [7, 11) is 1.49. The van der Waals surface area contributed by atoms with Gasteiger partial charge in [0.05, 0.1) is 37.0 Å². The fraction of sp³-hybridized carbons (Fsp3) is 0.656. The van der Waals surface area contributed by atoms with Crippen LogP contribution < -0.4 is 9.47 Å². The van der Waals surface area contributed by atoms with Crippen molar-refractivity contribution in [3.8, 4) is 11.6 Å². The molecule has 3 heterocycles. The summed E-state index contributed by atoms with van der Waals surface area (Å²) in [5.41, 5.74) is 0.551. The topological polar surface area (TPSA) is 108 Å². The molecule has 240 valence electrons. The van der Waals surface area contributed by atoms with Crippen molar-refractivity contribution in [1.82, 2.24) is 14.9 Å². The van der Waals surface area contributed by atoms with E-state index >= 15 is 0 Å². The molecule has 9 nitrogen and oxygen atoms in total. The van der Waals surface area contributed by atoms with Crippen molar-refractivity contribution < 1.29 is 41.8 Å². The number of aryl methyl sites for hydroxylation is 1. The number of esters is 1. The maximum Gasteiger partial charge on any atom is 0.397 e. The molecule has 1 saturated carbocycles. The average Bonchev–Trinajstić information content (AvgIpc) is 3.57. The van der Waals surface area contributed by atoms with Crippen molar-refractivity contribution in [2.24, 2.45) is 23.2 Å². The van der Waals surface area contributed by atoms with Crippen LogP contribution in [0.1, 0.15) is 71.4 Å². The minimum absolute atomic E-state index is 0.0568. The van der Waals surface area contributed by atoms with Gasteiger partial charge in [-0.25, -0.2) is 9.97 Å². The Morgan fingerprint density at radius 1 is 1.00 bits per heavy atom. The first-order valence-electron chi connectivity index (χ1n) is 15.3. The molecule has 6 atom stereocenters. The largest absolute Gasteiger partial charge is 0.497 e. The highest BCUT2D eigenvalue weighted by molar-refractivity contribution is 5.87. The van der Waals surface area contributed by atoms with Gasteiger partial charge in [-0.2, -0.15) is 13.2 Å². The Labute approximate surface area is 254 Å². The molecule has 0 radical (unpaired) electrons. The molecule has 5 rings (SSSR count). The van der Waals surface area contributed by atoms with Crippen molar-refractivity contribution >= 4 is 29.2 Å². The van der Waals surface area contributed by atoms with Gasteiger partial charge in [0.15, 0.2) is 0 Å². The number of aromatic nitrogens is 2. The first-order valence-corrected chi connectivity index (χ1v) is 15.3. The zero-order valence-electron chi connectivity index (χ0n) is 25.6. The Morgan fingerprint density at radius 2 is 1.75 bits per heavy atom. The highest BCUT2D eigenvalue weighted by atomic mass is 19.4. The molecular weight excluding hydrogens is 579 g/mol. The number of halogens is 3. The zero-order chi connectivity index (χ0) is 31.8. The van der Waals surface area contributed by atoms with Crippen LogP contribution in [-0.2, 0) is 25.5 Å². The van der Waals surface area contributed by atoms with E-state index in [9.17, 15) is 27.6 Å². The monoisotopic (exact) mass is 619 g/mol. The lowest BCUT2D eigenvalue weighted by Gasteiger charge is -2.34. The molecule has 1 aromatic carbocycles. The number of ether oxygens (including phenoxy) is 3. The van der Waals surface area contributed by atoms with E-state index in [1.165, 1.54) is 7.11 Å². The number of hydrogen-bond acceptors (Lipinski definition) is 8. The van der Waals surface area contributed by atoms with Gasteiger partial charge in [0.25, 0.3) is 0 Å². The third-order valence-corrected chi connectivity index (χ3v) is 9.07. The molecule has 1 saturated heterocycles. The lowest BCUT2D eigenvalue weighted by molar-refractivity contribution is -0.195. The minimum atomic E-state index is -4.87. The summed E-state index contributed by atoms with van der Waals surface area (Å²) in [6.45, 7) is 4.72. The molecule has 2 aromatic rings. The summed E-state index contributed by atoms with van der Waals surface area (Å²) in [6.07, 6.45) is -1.19. The lowest BCUT2D eigenvalue weighted by Crippen LogP contribution is -2.48. The van der Waals surface area contributed by atoms with Gasteiger partial charge in [0, 0.05) is 6.07 Å². The van der Waals surface area contributed by atoms with Gasteiger partial charge in [0.1, 0.15) is 41.9 Å². The predicted octanol–water partition coefficient (Wildman–Crippen LogP) is 5.46. The second kappa shape index (κ2) is 12.5. The van der Waals surface area contributed by atoms with Crippen LogP contribution in [0.25, 0.3) is 11.0 Å². The molecular formula is C32H40F3N3O6. The van der Waals surface area contributed by atoms with E-state index in [0.717, 1.165) is 43.4 Å². The number of methoxy groups -OCH3 is 1. The number of carbonyl (C=O) groups is 3. The maximum absolute atomic E-state index is 14.6. The van der Waals surface area contributed by atoms with Gasteiger partial charge in [-0.1, -0.05) is 40.0 Å². The first kappa shape index (κ1) is 32.0. The molecule has 1 aromatic heterocycles. The van der Waals surface area contributed by atoms with Gasteiger partial charge in [-0.15, -0.1) is 0 Å². The number of aldehydes is 1. The molecule has 3 aliphatic rings. The third-order valence-electron chi connectivity index (χ3n) is 9.07. The Hall–Kier alpha value is -3.44. The number of rotatable bonds is 2. The van der Waals surface area contributed by atoms with Gasteiger partial charge in [-0.05, 0) is 49.1 Å². The number of carbonyl (C=O) groups excluding carboxylic acids is 3. The van der Waals surface area contributed by atoms with Gasteiger partial charge < -0.3 is 23.9 Å². The van der Waals surface area contributed by atoms with Crippen LogP contribution in [0, 0.1) is 23.2 Å². The number of fused-ring (bicyclic) bond motifs is 5. The summed E-state index contributed by atoms with van der Waals surface area (Å²) < 4.78 is 60.9. The SMILES string of the molecule is COc1ccc2nc3c(nc2c1)O[C@H]1CN(C(=O)[C@H](C(C)(C)C)CC(=O)O[C@@H]2C[C@H]2CCCCCC3)[C@H](C=O)[C@@H]1C(F)(F)F. The number of alkyl halides is 3. The highest BCUT2D eigenvalue weighted by Crippen LogP contribution is 2.43. The smallest absolute Gasteiger partial charge is 0.397 e. The normalized spacial score (nSPS) is 28.9. The van der Waals surface area contributed by atoms with Gasteiger partial charge in [0.2, 0.25) is 11.8 Å². The summed E-state index contributed by atoms with van der Waals surface area (Å²) >= 11 is 0. The Balaban J connectivity index is 1.54. The molecule has 0 unspecified atom stereocenters. The quantitative estimate of drug-likeness (QED) is 0.322. The van der Waals surface area contributed by atoms with Crippen LogP contribution in [-0.4, -0.2) is 71.1 Å². The van der Waals surface area contributed by atoms with Crippen molar-refractivity contribution in [2.45, 2.75) is 96.6 Å². The van der Waals surface area contributed by atoms with E-state index in [2.05, 4.69) is 4.98 Å². The van der Waals surface area contributed by atoms with Crippen LogP contribution in [0.4, 0.5) is 13.2 Å². The van der Waals surface area contributed by atoms with Crippen LogP contribution in [0.2, 0.25) is 0 Å². The van der Waals surface area contributed by atoms with Gasteiger partial charge in [-0.3, -0.25) is 9.59 Å². The summed E-state index contributed by atoms with van der Waals surface area (Å²) in [6, 6.07) is 3.25. The van der Waals surface area contributed by atoms with E-state index < -0.39 is 54.0 Å². The Bertz CT molecular complexity index is 1390. The van der Waals surface area contributed by atoms with Crippen LogP contribution in [0.5, 0.6) is 11.6 Å². The molecule has 0 N–H and O–H groups in total.